The van der Waals surface area contributed by atoms with E-state index in [4.69, 9.17) is 9.26 Å². The minimum absolute atomic E-state index is 0.0264. The number of rotatable bonds is 9. The molecular weight excluding hydrogens is 450 g/mol. The Kier molecular flexibility index (Phi) is 6.22. The molecule has 0 unspecified atom stereocenters. The minimum Gasteiger partial charge on any atom is -0.480 e. The lowest BCUT2D eigenvalue weighted by Crippen LogP contribution is -2.41. The zero-order valence-electron chi connectivity index (χ0n) is 18.9. The summed E-state index contributed by atoms with van der Waals surface area (Å²) in [4.78, 5) is 36.1. The highest BCUT2D eigenvalue weighted by atomic mass is 16.5. The molecule has 1 atom stereocenters. The quantitative estimate of drug-likeness (QED) is 0.430. The van der Waals surface area contributed by atoms with E-state index in [1.807, 2.05) is 36.4 Å². The highest BCUT2D eigenvalue weighted by Crippen LogP contribution is 2.44. The summed E-state index contributed by atoms with van der Waals surface area (Å²) in [6.45, 7) is 0.156. The second-order valence-electron chi connectivity index (χ2n) is 8.90. The highest BCUT2D eigenvalue weighted by Gasteiger charge is 2.31. The van der Waals surface area contributed by atoms with Crippen LogP contribution in [0.25, 0.3) is 11.1 Å². The summed E-state index contributed by atoms with van der Waals surface area (Å²) in [6.07, 6.45) is 1.74. The van der Waals surface area contributed by atoms with Crippen molar-refractivity contribution < 1.29 is 28.8 Å². The number of benzene rings is 2. The first-order valence-electron chi connectivity index (χ1n) is 11.6. The maximum atomic E-state index is 12.4. The fraction of sp³-hybridized carbons (Fsp3) is 0.308. The molecule has 9 heteroatoms. The summed E-state index contributed by atoms with van der Waals surface area (Å²) < 4.78 is 10.6. The van der Waals surface area contributed by atoms with E-state index in [1.54, 1.807) is 0 Å². The summed E-state index contributed by atoms with van der Waals surface area (Å²) in [5.74, 6) is -1.17. The molecule has 1 heterocycles. The molecular formula is C26H25N3O6. The zero-order valence-corrected chi connectivity index (χ0v) is 18.9. The third kappa shape index (κ3) is 5.03. The summed E-state index contributed by atoms with van der Waals surface area (Å²) in [5, 5.41) is 18.1. The van der Waals surface area contributed by atoms with Crippen LogP contribution in [0.5, 0.6) is 0 Å². The van der Waals surface area contributed by atoms with Gasteiger partial charge in [0.2, 0.25) is 0 Å². The van der Waals surface area contributed by atoms with Gasteiger partial charge in [0.25, 0.3) is 5.91 Å². The van der Waals surface area contributed by atoms with Crippen molar-refractivity contribution in [3.63, 3.8) is 0 Å². The van der Waals surface area contributed by atoms with E-state index in [-0.39, 0.29) is 30.5 Å². The number of hydrogen-bond acceptors (Lipinski definition) is 6. The Balaban J connectivity index is 1.13. The molecule has 1 aromatic heterocycles. The Labute approximate surface area is 201 Å². The van der Waals surface area contributed by atoms with Gasteiger partial charge >= 0.3 is 12.1 Å². The van der Waals surface area contributed by atoms with E-state index < -0.39 is 24.0 Å². The number of aromatic nitrogens is 1. The molecule has 0 radical (unpaired) electrons. The second kappa shape index (κ2) is 9.61. The number of carbonyl (C=O) groups excluding carboxylic acids is 2. The molecule has 1 fully saturated rings. The molecule has 2 aliphatic rings. The lowest BCUT2D eigenvalue weighted by Gasteiger charge is -2.14. The predicted octanol–water partition coefficient (Wildman–Crippen LogP) is 3.70. The zero-order chi connectivity index (χ0) is 24.4. The summed E-state index contributed by atoms with van der Waals surface area (Å²) >= 11 is 0. The average molecular weight is 476 g/mol. The number of carbonyl (C=O) groups is 3. The van der Waals surface area contributed by atoms with Crippen molar-refractivity contribution in [2.75, 3.05) is 6.61 Å². The van der Waals surface area contributed by atoms with Crippen LogP contribution in [0.3, 0.4) is 0 Å². The maximum Gasteiger partial charge on any atom is 0.407 e. The number of fused-ring (bicyclic) bond motifs is 3. The SMILES string of the molecule is O=C(NCc1cc(C(=O)N[C@@H](CC2CC2)C(=O)O)no1)OCC1c2ccccc2-c2ccccc21. The summed E-state index contributed by atoms with van der Waals surface area (Å²) in [6, 6.07) is 16.6. The van der Waals surface area contributed by atoms with Gasteiger partial charge in [0.05, 0.1) is 6.54 Å². The van der Waals surface area contributed by atoms with E-state index in [2.05, 4.69) is 27.9 Å². The van der Waals surface area contributed by atoms with Gasteiger partial charge in [-0.25, -0.2) is 9.59 Å². The van der Waals surface area contributed by atoms with E-state index >= 15 is 0 Å². The Hall–Kier alpha value is -4.14. The molecule has 2 amide bonds. The van der Waals surface area contributed by atoms with E-state index in [1.165, 1.54) is 6.07 Å². The average Bonchev–Trinajstić information content (AvgIpc) is 3.45. The van der Waals surface area contributed by atoms with E-state index in [0.717, 1.165) is 35.1 Å². The number of aliphatic carboxylic acids is 1. The molecule has 180 valence electrons. The number of alkyl carbamates (subject to hydrolysis) is 1. The summed E-state index contributed by atoms with van der Waals surface area (Å²) in [7, 11) is 0. The van der Waals surface area contributed by atoms with Gasteiger partial charge in [0, 0.05) is 12.0 Å². The topological polar surface area (TPSA) is 131 Å². The van der Waals surface area contributed by atoms with Crippen LogP contribution in [0, 0.1) is 5.92 Å². The predicted molar refractivity (Wildman–Crippen MR) is 125 cm³/mol. The van der Waals surface area contributed by atoms with Gasteiger partial charge in [-0.2, -0.15) is 0 Å². The minimum atomic E-state index is -1.08. The van der Waals surface area contributed by atoms with Crippen LogP contribution >= 0.6 is 0 Å². The van der Waals surface area contributed by atoms with Gasteiger partial charge in [-0.3, -0.25) is 4.79 Å². The van der Waals surface area contributed by atoms with Crippen molar-refractivity contribution in [3.8, 4) is 11.1 Å². The molecule has 3 aromatic rings. The standard InChI is InChI=1S/C26H25N3O6/c30-24(28-23(25(31)32)11-15-9-10-15)22-12-16(35-29-22)13-27-26(33)34-14-21-19-7-3-1-5-17(19)18-6-2-4-8-20(18)21/h1-8,12,15,21,23H,9-11,13-14H2,(H,27,33)(H,28,30)(H,31,32)/t23-/m0/s1. The molecule has 2 aliphatic carbocycles. The second-order valence-corrected chi connectivity index (χ2v) is 8.90. The smallest absolute Gasteiger partial charge is 0.407 e. The van der Waals surface area contributed by atoms with Crippen LogP contribution < -0.4 is 10.6 Å². The highest BCUT2D eigenvalue weighted by molar-refractivity contribution is 5.94. The number of carboxylic acids is 1. The molecule has 0 bridgehead atoms. The van der Waals surface area contributed by atoms with Crippen molar-refractivity contribution in [1.82, 2.24) is 15.8 Å². The molecule has 3 N–H and O–H groups in total. The van der Waals surface area contributed by atoms with Crippen LogP contribution in [0.4, 0.5) is 4.79 Å². The Bertz CT molecular complexity index is 1220. The Morgan fingerprint density at radius 1 is 1.06 bits per heavy atom. The van der Waals surface area contributed by atoms with Crippen molar-refractivity contribution in [2.24, 2.45) is 5.92 Å². The number of carboxylic acid groups (broad SMARTS) is 1. The van der Waals surface area contributed by atoms with Gasteiger partial charge in [-0.05, 0) is 34.6 Å². The van der Waals surface area contributed by atoms with Crippen LogP contribution in [-0.2, 0) is 16.1 Å². The molecule has 5 rings (SSSR count). The van der Waals surface area contributed by atoms with Crippen LogP contribution in [-0.4, -0.2) is 40.9 Å². The van der Waals surface area contributed by atoms with Crippen LogP contribution in [0.1, 0.15) is 52.6 Å². The number of nitrogens with one attached hydrogen (secondary N) is 2. The lowest BCUT2D eigenvalue weighted by molar-refractivity contribution is -0.139. The number of hydrogen-bond donors (Lipinski definition) is 3. The summed E-state index contributed by atoms with van der Waals surface area (Å²) in [5.41, 5.74) is 4.48. The van der Waals surface area contributed by atoms with Gasteiger partial charge < -0.3 is 25.0 Å². The number of nitrogens with zero attached hydrogens (tertiary/aromatic N) is 1. The fourth-order valence-electron chi connectivity index (χ4n) is 4.45. The molecule has 9 nitrogen and oxygen atoms in total. The lowest BCUT2D eigenvalue weighted by atomic mass is 9.98. The first-order chi connectivity index (χ1) is 17.0. The molecule has 2 aromatic carbocycles. The molecule has 35 heavy (non-hydrogen) atoms. The van der Waals surface area contributed by atoms with Crippen molar-refractivity contribution >= 4 is 18.0 Å². The van der Waals surface area contributed by atoms with Gasteiger partial charge in [0.15, 0.2) is 11.5 Å². The molecule has 0 aliphatic heterocycles. The number of ether oxygens (including phenoxy) is 1. The van der Waals surface area contributed by atoms with Gasteiger partial charge in [-0.15, -0.1) is 0 Å². The molecule has 0 spiro atoms. The normalized spacial score (nSPS) is 15.1. The largest absolute Gasteiger partial charge is 0.480 e. The van der Waals surface area contributed by atoms with Gasteiger partial charge in [0.1, 0.15) is 12.6 Å². The van der Waals surface area contributed by atoms with E-state index in [0.29, 0.717) is 12.3 Å². The Morgan fingerprint density at radius 2 is 1.71 bits per heavy atom. The van der Waals surface area contributed by atoms with Gasteiger partial charge in [-0.1, -0.05) is 66.5 Å². The van der Waals surface area contributed by atoms with Crippen molar-refractivity contribution in [1.29, 1.82) is 0 Å². The monoisotopic (exact) mass is 475 g/mol. The van der Waals surface area contributed by atoms with Crippen molar-refractivity contribution in [2.45, 2.75) is 37.8 Å². The van der Waals surface area contributed by atoms with E-state index in [9.17, 15) is 19.5 Å². The third-order valence-electron chi connectivity index (χ3n) is 6.41. The van der Waals surface area contributed by atoms with Crippen LogP contribution in [0.15, 0.2) is 59.1 Å². The first kappa shape index (κ1) is 22.6. The Morgan fingerprint density at radius 3 is 2.34 bits per heavy atom. The van der Waals surface area contributed by atoms with Crippen LogP contribution in [0.2, 0.25) is 0 Å². The molecule has 0 saturated heterocycles. The fourth-order valence-corrected chi connectivity index (χ4v) is 4.45. The molecule has 1 saturated carbocycles. The first-order valence-corrected chi connectivity index (χ1v) is 11.6. The third-order valence-corrected chi connectivity index (χ3v) is 6.41. The maximum absolute atomic E-state index is 12.4. The number of amides is 2. The van der Waals surface area contributed by atoms with Crippen molar-refractivity contribution in [3.05, 3.63) is 77.2 Å².